The Morgan fingerprint density at radius 1 is 1.35 bits per heavy atom. The first kappa shape index (κ1) is 21.8. The molecule has 2 rings (SSSR count). The maximum atomic E-state index is 11.8. The van der Waals surface area contributed by atoms with E-state index < -0.39 is 5.91 Å². The molecule has 1 amide bonds. The average Bonchev–Trinajstić information content (AvgIpc) is 3.02. The Labute approximate surface area is 161 Å². The quantitative estimate of drug-likeness (QED) is 0.419. The molecular weight excluding hydrogens is 385 g/mol. The fourth-order valence-corrected chi connectivity index (χ4v) is 2.38. The Balaban J connectivity index is 0.00000338. The summed E-state index contributed by atoms with van der Waals surface area (Å²) < 4.78 is 15.2. The summed E-state index contributed by atoms with van der Waals surface area (Å²) >= 11 is 6.22. The molecule has 0 fully saturated rings. The molecule has 0 aliphatic rings. The molecule has 0 unspecified atom stereocenters. The number of nitrogen functional groups attached to an aromatic ring is 1. The second-order valence-electron chi connectivity index (χ2n) is 4.97. The van der Waals surface area contributed by atoms with Crippen molar-refractivity contribution < 1.29 is 31.3 Å². The zero-order valence-electron chi connectivity index (χ0n) is 14.3. The first-order valence-electron chi connectivity index (χ1n) is 7.63. The highest BCUT2D eigenvalue weighted by atomic mass is 35.5. The number of nitrogens with two attached hydrogens (primary N) is 1. The van der Waals surface area contributed by atoms with Crippen LogP contribution in [0, 0.1) is 0 Å². The van der Waals surface area contributed by atoms with Gasteiger partial charge in [0.05, 0.1) is 18.7 Å². The Bertz CT molecular complexity index is 726. The van der Waals surface area contributed by atoms with Crippen LogP contribution in [0.1, 0.15) is 23.0 Å². The van der Waals surface area contributed by atoms with Crippen molar-refractivity contribution in [2.24, 2.45) is 0 Å². The third kappa shape index (κ3) is 5.65. The number of hydrogen-bond donors (Lipinski definition) is 3. The maximum absolute atomic E-state index is 11.8. The summed E-state index contributed by atoms with van der Waals surface area (Å²) in [7, 11) is 1.56. The van der Waals surface area contributed by atoms with Crippen molar-refractivity contribution in [2.45, 2.75) is 13.5 Å². The predicted octanol–water partition coefficient (Wildman–Crippen LogP) is -1.76. The van der Waals surface area contributed by atoms with Crippen LogP contribution in [0.2, 0.25) is 5.02 Å². The van der Waals surface area contributed by atoms with Crippen LogP contribution >= 0.6 is 11.6 Å². The Hall–Kier alpha value is -2.23. The van der Waals surface area contributed by atoms with Gasteiger partial charge in [-0.1, -0.05) is 11.6 Å². The molecule has 0 saturated heterocycles. The number of nitrogens with zero attached hydrogens (tertiary/aromatic N) is 2. The molecule has 11 heteroatoms. The van der Waals surface area contributed by atoms with Gasteiger partial charge in [-0.25, -0.2) is 4.63 Å². The van der Waals surface area contributed by atoms with Crippen molar-refractivity contribution in [3.05, 3.63) is 28.4 Å². The molecule has 1 aromatic carbocycles. The van der Waals surface area contributed by atoms with E-state index in [2.05, 4.69) is 25.6 Å². The minimum atomic E-state index is -0.439. The zero-order chi connectivity index (χ0) is 18.2. The molecule has 2 aromatic rings. The summed E-state index contributed by atoms with van der Waals surface area (Å²) in [5, 5.41) is 13.1. The number of hydrogen-bond acceptors (Lipinski definition) is 8. The van der Waals surface area contributed by atoms with Crippen molar-refractivity contribution in [3.63, 3.8) is 0 Å². The van der Waals surface area contributed by atoms with Gasteiger partial charge in [0.1, 0.15) is 0 Å². The molecule has 0 radical (unpaired) electrons. The minimum Gasteiger partial charge on any atom is -1.00 e. The summed E-state index contributed by atoms with van der Waals surface area (Å²) in [4.78, 5) is 11.8. The van der Waals surface area contributed by atoms with E-state index in [4.69, 9.17) is 26.8 Å². The number of anilines is 1. The molecule has 0 bridgehead atoms. The standard InChI is InChI=1S/C15H20ClN5O4.ClH/c1-3-24-13-10(16)6-9(7-11(13)23-2)8-18-4-5-19-15(22)12-14(17)21-25-20-12;/h6-7,18H,3-5,8H2,1-2H3,(H2,17,21)(H,19,22);1H/p-1. The third-order valence-corrected chi connectivity index (χ3v) is 3.50. The van der Waals surface area contributed by atoms with Crippen molar-refractivity contribution in [2.75, 3.05) is 32.5 Å². The normalized spacial score (nSPS) is 10.1. The van der Waals surface area contributed by atoms with Gasteiger partial charge in [-0.2, -0.15) is 0 Å². The predicted molar refractivity (Wildman–Crippen MR) is 91.9 cm³/mol. The van der Waals surface area contributed by atoms with Crippen LogP contribution < -0.4 is 38.2 Å². The lowest BCUT2D eigenvalue weighted by atomic mass is 10.2. The highest BCUT2D eigenvalue weighted by Crippen LogP contribution is 2.36. The van der Waals surface area contributed by atoms with Crippen LogP contribution in [0.15, 0.2) is 16.8 Å². The number of methoxy groups -OCH3 is 1. The lowest BCUT2D eigenvalue weighted by Gasteiger charge is -2.13. The van der Waals surface area contributed by atoms with Gasteiger partial charge in [-0.3, -0.25) is 4.79 Å². The smallest absolute Gasteiger partial charge is 0.277 e. The van der Waals surface area contributed by atoms with Gasteiger partial charge in [0, 0.05) is 19.6 Å². The SMILES string of the molecule is CCOc1c(Cl)cc(CNCCNC(=O)c2nonc2N)cc1OC.[Cl-]. The van der Waals surface area contributed by atoms with Gasteiger partial charge in [-0.15, -0.1) is 0 Å². The Morgan fingerprint density at radius 2 is 2.12 bits per heavy atom. The lowest BCUT2D eigenvalue weighted by Crippen LogP contribution is -3.00. The van der Waals surface area contributed by atoms with E-state index in [-0.39, 0.29) is 23.9 Å². The summed E-state index contributed by atoms with van der Waals surface area (Å²) in [6, 6.07) is 3.66. The van der Waals surface area contributed by atoms with E-state index in [0.717, 1.165) is 5.56 Å². The second kappa shape index (κ2) is 10.7. The van der Waals surface area contributed by atoms with E-state index in [1.165, 1.54) is 0 Å². The number of carbonyl (C=O) groups is 1. The van der Waals surface area contributed by atoms with E-state index in [9.17, 15) is 4.79 Å². The molecule has 1 heterocycles. The first-order valence-corrected chi connectivity index (χ1v) is 8.00. The molecule has 4 N–H and O–H groups in total. The van der Waals surface area contributed by atoms with Gasteiger partial charge in [-0.05, 0) is 34.9 Å². The maximum Gasteiger partial charge on any atom is 0.277 e. The van der Waals surface area contributed by atoms with Crippen molar-refractivity contribution in [3.8, 4) is 11.5 Å². The lowest BCUT2D eigenvalue weighted by molar-refractivity contribution is -0.0000147. The van der Waals surface area contributed by atoms with Gasteiger partial charge in [0.25, 0.3) is 5.91 Å². The number of rotatable bonds is 9. The fraction of sp³-hybridized carbons (Fsp3) is 0.400. The molecule has 0 spiro atoms. The second-order valence-corrected chi connectivity index (χ2v) is 5.38. The molecule has 0 atom stereocenters. The number of benzene rings is 1. The number of ether oxygens (including phenoxy) is 2. The molecule has 26 heavy (non-hydrogen) atoms. The van der Waals surface area contributed by atoms with Gasteiger partial charge in [0.15, 0.2) is 11.5 Å². The van der Waals surface area contributed by atoms with Crippen LogP contribution in [-0.2, 0) is 6.54 Å². The van der Waals surface area contributed by atoms with Gasteiger partial charge < -0.3 is 38.2 Å². The first-order chi connectivity index (χ1) is 12.1. The van der Waals surface area contributed by atoms with Crippen LogP contribution in [0.4, 0.5) is 5.82 Å². The topological polar surface area (TPSA) is 125 Å². The van der Waals surface area contributed by atoms with Gasteiger partial charge >= 0.3 is 0 Å². The van der Waals surface area contributed by atoms with Gasteiger partial charge in [0.2, 0.25) is 11.5 Å². The molecule has 0 aliphatic carbocycles. The Kier molecular flexibility index (Phi) is 8.97. The van der Waals surface area contributed by atoms with E-state index in [0.29, 0.717) is 42.8 Å². The summed E-state index contributed by atoms with van der Waals surface area (Å²) in [5.41, 5.74) is 6.35. The van der Waals surface area contributed by atoms with Crippen LogP contribution in [0.5, 0.6) is 11.5 Å². The van der Waals surface area contributed by atoms with Crippen molar-refractivity contribution in [1.82, 2.24) is 20.9 Å². The van der Waals surface area contributed by atoms with E-state index in [1.807, 2.05) is 19.1 Å². The molecule has 0 aliphatic heterocycles. The third-order valence-electron chi connectivity index (χ3n) is 3.22. The zero-order valence-corrected chi connectivity index (χ0v) is 15.9. The summed E-state index contributed by atoms with van der Waals surface area (Å²) in [6.45, 7) is 3.84. The molecule has 0 saturated carbocycles. The molecule has 1 aromatic heterocycles. The van der Waals surface area contributed by atoms with Crippen molar-refractivity contribution in [1.29, 1.82) is 0 Å². The number of nitrogens with one attached hydrogen (secondary N) is 2. The molecule has 9 nitrogen and oxygen atoms in total. The highest BCUT2D eigenvalue weighted by Gasteiger charge is 2.15. The largest absolute Gasteiger partial charge is 1.00 e. The van der Waals surface area contributed by atoms with Crippen LogP contribution in [0.3, 0.4) is 0 Å². The average molecular weight is 405 g/mol. The number of amides is 1. The number of carbonyl (C=O) groups excluding carboxylic acids is 1. The summed E-state index contributed by atoms with van der Waals surface area (Å²) in [5.74, 6) is 0.628. The highest BCUT2D eigenvalue weighted by molar-refractivity contribution is 6.32. The molecular formula is C15H20Cl2N5O4-. The summed E-state index contributed by atoms with van der Waals surface area (Å²) in [6.07, 6.45) is 0. The number of aromatic nitrogens is 2. The van der Waals surface area contributed by atoms with Crippen LogP contribution in [0.25, 0.3) is 0 Å². The fourth-order valence-electron chi connectivity index (χ4n) is 2.09. The van der Waals surface area contributed by atoms with Crippen LogP contribution in [-0.4, -0.2) is 43.0 Å². The van der Waals surface area contributed by atoms with E-state index in [1.54, 1.807) is 7.11 Å². The monoisotopic (exact) mass is 404 g/mol. The number of halogens is 2. The minimum absolute atomic E-state index is 0. The van der Waals surface area contributed by atoms with E-state index >= 15 is 0 Å². The Morgan fingerprint density at radius 3 is 2.73 bits per heavy atom. The molecule has 144 valence electrons. The van der Waals surface area contributed by atoms with Crippen molar-refractivity contribution >= 4 is 23.3 Å².